The molecule has 1 aromatic carbocycles. The number of benzene rings is 1. The first-order valence-corrected chi connectivity index (χ1v) is 7.14. The topological polar surface area (TPSA) is 34.1 Å². The minimum Gasteiger partial charge on any atom is -0.439 e. The quantitative estimate of drug-likeness (QED) is 0.870. The van der Waals surface area contributed by atoms with E-state index in [9.17, 15) is 4.39 Å². The number of nitrogens with one attached hydrogen (secondary N) is 1. The van der Waals surface area contributed by atoms with Gasteiger partial charge in [0, 0.05) is 12.1 Å². The summed E-state index contributed by atoms with van der Waals surface area (Å²) in [5, 5.41) is 3.28. The second kappa shape index (κ2) is 7.18. The fraction of sp³-hybridized carbons (Fsp3) is 0.353. The largest absolute Gasteiger partial charge is 0.439 e. The third-order valence-corrected chi connectivity index (χ3v) is 3.00. The third kappa shape index (κ3) is 4.83. The maximum absolute atomic E-state index is 13.4. The molecule has 2 aromatic rings. The number of pyridine rings is 1. The second-order valence-electron chi connectivity index (χ2n) is 5.56. The van der Waals surface area contributed by atoms with Crippen LogP contribution < -0.4 is 10.1 Å². The highest BCUT2D eigenvalue weighted by Gasteiger charge is 2.09. The van der Waals surface area contributed by atoms with E-state index in [2.05, 4.69) is 24.1 Å². The van der Waals surface area contributed by atoms with Crippen molar-refractivity contribution in [2.24, 2.45) is 5.92 Å². The van der Waals surface area contributed by atoms with Crippen LogP contribution in [0.3, 0.4) is 0 Å². The maximum atomic E-state index is 13.4. The Labute approximate surface area is 125 Å². The van der Waals surface area contributed by atoms with E-state index in [0.29, 0.717) is 24.1 Å². The molecule has 0 fully saturated rings. The fourth-order valence-corrected chi connectivity index (χ4v) is 1.90. The van der Waals surface area contributed by atoms with Crippen molar-refractivity contribution in [2.45, 2.75) is 27.3 Å². The van der Waals surface area contributed by atoms with Crippen molar-refractivity contribution < 1.29 is 9.13 Å². The van der Waals surface area contributed by atoms with Crippen molar-refractivity contribution in [1.82, 2.24) is 10.3 Å². The van der Waals surface area contributed by atoms with Gasteiger partial charge in [0.1, 0.15) is 11.6 Å². The first-order valence-electron chi connectivity index (χ1n) is 7.14. The van der Waals surface area contributed by atoms with Crippen molar-refractivity contribution in [1.29, 1.82) is 0 Å². The zero-order valence-corrected chi connectivity index (χ0v) is 12.7. The molecule has 2 rings (SSSR count). The van der Waals surface area contributed by atoms with E-state index < -0.39 is 0 Å². The summed E-state index contributed by atoms with van der Waals surface area (Å²) in [6.07, 6.45) is 1.18. The fourth-order valence-electron chi connectivity index (χ4n) is 1.90. The number of rotatable bonds is 6. The molecule has 1 N–H and O–H groups in total. The Kier molecular flexibility index (Phi) is 5.28. The first kappa shape index (κ1) is 15.4. The van der Waals surface area contributed by atoms with Crippen LogP contribution in [0.2, 0.25) is 0 Å². The molecule has 0 aliphatic rings. The Morgan fingerprint density at radius 2 is 1.95 bits per heavy atom. The number of nitrogens with zero attached hydrogens (tertiary/aromatic N) is 1. The molecular weight excluding hydrogens is 267 g/mol. The van der Waals surface area contributed by atoms with Gasteiger partial charge >= 0.3 is 0 Å². The van der Waals surface area contributed by atoms with Gasteiger partial charge in [-0.25, -0.2) is 9.37 Å². The predicted octanol–water partition coefficient (Wildman–Crippen LogP) is 4.07. The van der Waals surface area contributed by atoms with Crippen LogP contribution in [0.15, 0.2) is 36.5 Å². The number of hydrogen-bond donors (Lipinski definition) is 1. The summed E-state index contributed by atoms with van der Waals surface area (Å²) in [4.78, 5) is 4.06. The van der Waals surface area contributed by atoms with Crippen LogP contribution in [0.4, 0.5) is 4.39 Å². The summed E-state index contributed by atoms with van der Waals surface area (Å²) in [7, 11) is 0. The van der Waals surface area contributed by atoms with Gasteiger partial charge in [-0.3, -0.25) is 0 Å². The second-order valence-corrected chi connectivity index (χ2v) is 5.56. The maximum Gasteiger partial charge on any atom is 0.223 e. The van der Waals surface area contributed by atoms with E-state index in [0.717, 1.165) is 17.7 Å². The molecule has 0 amide bonds. The molecule has 0 atom stereocenters. The lowest BCUT2D eigenvalue weighted by Gasteiger charge is -2.12. The van der Waals surface area contributed by atoms with Crippen LogP contribution in [0.1, 0.15) is 25.0 Å². The summed E-state index contributed by atoms with van der Waals surface area (Å²) in [5.41, 5.74) is 1.88. The molecular formula is C17H21FN2O. The number of halogens is 1. The molecule has 0 saturated carbocycles. The van der Waals surface area contributed by atoms with Crippen LogP contribution in [-0.4, -0.2) is 11.5 Å². The molecule has 1 heterocycles. The zero-order chi connectivity index (χ0) is 15.2. The highest BCUT2D eigenvalue weighted by molar-refractivity contribution is 5.33. The molecule has 4 heteroatoms. The Bertz CT molecular complexity index is 582. The molecule has 21 heavy (non-hydrogen) atoms. The van der Waals surface area contributed by atoms with E-state index in [1.807, 2.05) is 31.2 Å². The SMILES string of the molecule is Cc1ccc(Oc2ncc(F)cc2CNCC(C)C)cc1. The summed E-state index contributed by atoms with van der Waals surface area (Å²) in [6, 6.07) is 9.16. The molecule has 0 saturated heterocycles. The van der Waals surface area contributed by atoms with Crippen LogP contribution in [-0.2, 0) is 6.54 Å². The first-order chi connectivity index (χ1) is 10.0. The minimum absolute atomic E-state index is 0.354. The summed E-state index contributed by atoms with van der Waals surface area (Å²) in [6.45, 7) is 7.66. The lowest BCUT2D eigenvalue weighted by Crippen LogP contribution is -2.19. The van der Waals surface area contributed by atoms with Crippen molar-refractivity contribution in [2.75, 3.05) is 6.54 Å². The Hall–Kier alpha value is -1.94. The molecule has 3 nitrogen and oxygen atoms in total. The van der Waals surface area contributed by atoms with E-state index in [1.54, 1.807) is 0 Å². The van der Waals surface area contributed by atoms with Crippen LogP contribution in [0, 0.1) is 18.7 Å². The highest BCUT2D eigenvalue weighted by atomic mass is 19.1. The van der Waals surface area contributed by atoms with Crippen LogP contribution in [0.25, 0.3) is 0 Å². The highest BCUT2D eigenvalue weighted by Crippen LogP contribution is 2.24. The number of aromatic nitrogens is 1. The molecule has 0 spiro atoms. The zero-order valence-electron chi connectivity index (χ0n) is 12.7. The smallest absolute Gasteiger partial charge is 0.223 e. The van der Waals surface area contributed by atoms with Gasteiger partial charge in [0.15, 0.2) is 0 Å². The molecule has 0 aliphatic heterocycles. The predicted molar refractivity (Wildman–Crippen MR) is 82.0 cm³/mol. The van der Waals surface area contributed by atoms with Crippen molar-refractivity contribution in [3.63, 3.8) is 0 Å². The van der Waals surface area contributed by atoms with Gasteiger partial charge in [0.05, 0.1) is 6.20 Å². The minimum atomic E-state index is -0.354. The van der Waals surface area contributed by atoms with E-state index >= 15 is 0 Å². The van der Waals surface area contributed by atoms with Crippen molar-refractivity contribution in [3.05, 3.63) is 53.5 Å². The van der Waals surface area contributed by atoms with Gasteiger partial charge in [-0.2, -0.15) is 0 Å². The summed E-state index contributed by atoms with van der Waals surface area (Å²) < 4.78 is 19.1. The van der Waals surface area contributed by atoms with Gasteiger partial charge in [-0.15, -0.1) is 0 Å². The molecule has 112 valence electrons. The molecule has 1 aromatic heterocycles. The van der Waals surface area contributed by atoms with E-state index in [-0.39, 0.29) is 5.82 Å². The number of hydrogen-bond acceptors (Lipinski definition) is 3. The van der Waals surface area contributed by atoms with E-state index in [4.69, 9.17) is 4.74 Å². The average molecular weight is 288 g/mol. The lowest BCUT2D eigenvalue weighted by atomic mass is 10.2. The normalized spacial score (nSPS) is 10.9. The van der Waals surface area contributed by atoms with Crippen molar-refractivity contribution in [3.8, 4) is 11.6 Å². The average Bonchev–Trinajstić information content (AvgIpc) is 2.43. The van der Waals surface area contributed by atoms with Gasteiger partial charge in [0.25, 0.3) is 0 Å². The van der Waals surface area contributed by atoms with Gasteiger partial charge in [-0.1, -0.05) is 31.5 Å². The summed E-state index contributed by atoms with van der Waals surface area (Å²) in [5.74, 6) is 1.32. The number of ether oxygens (including phenoxy) is 1. The Balaban J connectivity index is 2.12. The van der Waals surface area contributed by atoms with Gasteiger partial charge < -0.3 is 10.1 Å². The monoisotopic (exact) mass is 288 g/mol. The van der Waals surface area contributed by atoms with E-state index in [1.165, 1.54) is 12.3 Å². The molecule has 0 aliphatic carbocycles. The van der Waals surface area contributed by atoms with Crippen LogP contribution in [0.5, 0.6) is 11.6 Å². The lowest BCUT2D eigenvalue weighted by molar-refractivity contribution is 0.445. The van der Waals surface area contributed by atoms with Crippen molar-refractivity contribution >= 4 is 0 Å². The molecule has 0 radical (unpaired) electrons. The summed E-state index contributed by atoms with van der Waals surface area (Å²) >= 11 is 0. The van der Waals surface area contributed by atoms with Gasteiger partial charge in [-0.05, 0) is 37.6 Å². The third-order valence-electron chi connectivity index (χ3n) is 3.00. The van der Waals surface area contributed by atoms with Gasteiger partial charge in [0.2, 0.25) is 5.88 Å². The standard InChI is InChI=1S/C17H21FN2O/c1-12(2)9-19-10-14-8-15(18)11-20-17(14)21-16-6-4-13(3)5-7-16/h4-8,11-12,19H,9-10H2,1-3H3. The number of aryl methyl sites for hydroxylation is 1. The molecule has 0 unspecified atom stereocenters. The molecule has 0 bridgehead atoms. The Morgan fingerprint density at radius 3 is 2.62 bits per heavy atom. The van der Waals surface area contributed by atoms with Crippen LogP contribution >= 0.6 is 0 Å². The Morgan fingerprint density at radius 1 is 1.24 bits per heavy atom.